The van der Waals surface area contributed by atoms with Crippen molar-refractivity contribution < 1.29 is 9.53 Å². The molecule has 0 aliphatic carbocycles. The van der Waals surface area contributed by atoms with Crippen LogP contribution in [0.2, 0.25) is 0 Å². The number of unbranched alkanes of at least 4 members (excludes halogenated alkanes) is 1. The van der Waals surface area contributed by atoms with Gasteiger partial charge in [-0.15, -0.1) is 0 Å². The van der Waals surface area contributed by atoms with Crippen LogP contribution in [-0.4, -0.2) is 19.2 Å². The fraction of sp³-hybridized carbons (Fsp3) is 0.667. The van der Waals surface area contributed by atoms with Gasteiger partial charge < -0.3 is 10.1 Å². The summed E-state index contributed by atoms with van der Waals surface area (Å²) in [5.41, 5.74) is 2.64. The van der Waals surface area contributed by atoms with Crippen molar-refractivity contribution in [1.82, 2.24) is 5.32 Å². The minimum Gasteiger partial charge on any atom is -0.450 e. The normalized spacial score (nSPS) is 11.0. The molecule has 0 fully saturated rings. The fourth-order valence-electron chi connectivity index (χ4n) is 1.36. The summed E-state index contributed by atoms with van der Waals surface area (Å²) >= 11 is 0. The van der Waals surface area contributed by atoms with E-state index in [1.54, 1.807) is 0 Å². The van der Waals surface area contributed by atoms with Crippen molar-refractivity contribution in [1.29, 1.82) is 0 Å². The highest BCUT2D eigenvalue weighted by Gasteiger charge is 1.98. The second-order valence-electron chi connectivity index (χ2n) is 4.74. The Kier molecular flexibility index (Phi) is 10.1. The zero-order valence-corrected chi connectivity index (χ0v) is 12.2. The Morgan fingerprint density at radius 3 is 2.56 bits per heavy atom. The first-order valence-electron chi connectivity index (χ1n) is 6.75. The van der Waals surface area contributed by atoms with E-state index in [0.717, 1.165) is 25.7 Å². The van der Waals surface area contributed by atoms with Crippen LogP contribution in [0.25, 0.3) is 0 Å². The SMILES string of the molecule is CCCCOC(=O)NC/C=C(\C)CCC=C(C)C. The van der Waals surface area contributed by atoms with E-state index in [0.29, 0.717) is 13.2 Å². The summed E-state index contributed by atoms with van der Waals surface area (Å²) in [5.74, 6) is 0. The van der Waals surface area contributed by atoms with Crippen LogP contribution >= 0.6 is 0 Å². The first-order valence-corrected chi connectivity index (χ1v) is 6.75. The third-order valence-electron chi connectivity index (χ3n) is 2.52. The van der Waals surface area contributed by atoms with Gasteiger partial charge in [-0.1, -0.05) is 36.6 Å². The molecule has 3 heteroatoms. The van der Waals surface area contributed by atoms with E-state index in [-0.39, 0.29) is 6.09 Å². The molecule has 0 aromatic carbocycles. The van der Waals surface area contributed by atoms with E-state index in [1.165, 1.54) is 11.1 Å². The predicted molar refractivity (Wildman–Crippen MR) is 76.7 cm³/mol. The first kappa shape index (κ1) is 16.8. The molecule has 0 radical (unpaired) electrons. The summed E-state index contributed by atoms with van der Waals surface area (Å²) in [5, 5.41) is 2.72. The van der Waals surface area contributed by atoms with Crippen molar-refractivity contribution in [2.75, 3.05) is 13.2 Å². The van der Waals surface area contributed by atoms with Gasteiger partial charge in [0.15, 0.2) is 0 Å². The predicted octanol–water partition coefficient (Wildman–Crippen LogP) is 4.21. The Labute approximate surface area is 111 Å². The van der Waals surface area contributed by atoms with Gasteiger partial charge in [-0.3, -0.25) is 0 Å². The quantitative estimate of drug-likeness (QED) is 0.520. The van der Waals surface area contributed by atoms with Crippen LogP contribution in [0, 0.1) is 0 Å². The third kappa shape index (κ3) is 11.2. The van der Waals surface area contributed by atoms with Gasteiger partial charge in [0.1, 0.15) is 0 Å². The number of ether oxygens (including phenoxy) is 1. The second-order valence-corrected chi connectivity index (χ2v) is 4.74. The van der Waals surface area contributed by atoms with Crippen molar-refractivity contribution in [2.45, 2.75) is 53.4 Å². The molecule has 0 atom stereocenters. The van der Waals surface area contributed by atoms with E-state index in [2.05, 4.69) is 39.1 Å². The van der Waals surface area contributed by atoms with Crippen molar-refractivity contribution in [2.24, 2.45) is 0 Å². The highest BCUT2D eigenvalue weighted by Crippen LogP contribution is 2.05. The summed E-state index contributed by atoms with van der Waals surface area (Å²) in [6.45, 7) is 9.42. The summed E-state index contributed by atoms with van der Waals surface area (Å²) < 4.78 is 4.99. The molecule has 0 heterocycles. The molecule has 0 aromatic rings. The number of hydrogen-bond acceptors (Lipinski definition) is 2. The number of allylic oxidation sites excluding steroid dienone is 3. The van der Waals surface area contributed by atoms with E-state index < -0.39 is 0 Å². The van der Waals surface area contributed by atoms with Crippen LogP contribution in [-0.2, 0) is 4.74 Å². The highest BCUT2D eigenvalue weighted by molar-refractivity contribution is 5.67. The first-order chi connectivity index (χ1) is 8.56. The van der Waals surface area contributed by atoms with Crippen molar-refractivity contribution >= 4 is 6.09 Å². The molecule has 1 amide bonds. The number of amides is 1. The van der Waals surface area contributed by atoms with E-state index in [4.69, 9.17) is 4.74 Å². The molecule has 1 N–H and O–H groups in total. The molecule has 0 rings (SSSR count). The van der Waals surface area contributed by atoms with Crippen LogP contribution in [0.3, 0.4) is 0 Å². The van der Waals surface area contributed by atoms with Crippen molar-refractivity contribution in [3.63, 3.8) is 0 Å². The van der Waals surface area contributed by atoms with Crippen LogP contribution in [0.15, 0.2) is 23.3 Å². The number of carbonyl (C=O) groups excluding carboxylic acids is 1. The smallest absolute Gasteiger partial charge is 0.407 e. The Morgan fingerprint density at radius 2 is 1.94 bits per heavy atom. The van der Waals surface area contributed by atoms with E-state index in [1.807, 2.05) is 6.08 Å². The van der Waals surface area contributed by atoms with Crippen LogP contribution in [0.5, 0.6) is 0 Å². The number of nitrogens with one attached hydrogen (secondary N) is 1. The molecule has 0 saturated carbocycles. The van der Waals surface area contributed by atoms with Crippen LogP contribution in [0.4, 0.5) is 4.79 Å². The second kappa shape index (κ2) is 10.9. The number of carbonyl (C=O) groups is 1. The summed E-state index contributed by atoms with van der Waals surface area (Å²) in [7, 11) is 0. The van der Waals surface area contributed by atoms with Gasteiger partial charge in [0.2, 0.25) is 0 Å². The maximum absolute atomic E-state index is 11.2. The van der Waals surface area contributed by atoms with Gasteiger partial charge in [0, 0.05) is 6.54 Å². The number of rotatable bonds is 8. The lowest BCUT2D eigenvalue weighted by Crippen LogP contribution is -2.24. The van der Waals surface area contributed by atoms with Gasteiger partial charge in [-0.2, -0.15) is 0 Å². The third-order valence-corrected chi connectivity index (χ3v) is 2.52. The van der Waals surface area contributed by atoms with E-state index in [9.17, 15) is 4.79 Å². The Hall–Kier alpha value is -1.25. The summed E-state index contributed by atoms with van der Waals surface area (Å²) in [6.07, 6.45) is 8.01. The highest BCUT2D eigenvalue weighted by atomic mass is 16.5. The van der Waals surface area contributed by atoms with E-state index >= 15 is 0 Å². The zero-order chi connectivity index (χ0) is 13.8. The Morgan fingerprint density at radius 1 is 1.22 bits per heavy atom. The molecule has 104 valence electrons. The lowest BCUT2D eigenvalue weighted by atomic mass is 10.1. The molecule has 3 nitrogen and oxygen atoms in total. The molecule has 18 heavy (non-hydrogen) atoms. The molecule has 0 bridgehead atoms. The minimum absolute atomic E-state index is 0.322. The lowest BCUT2D eigenvalue weighted by molar-refractivity contribution is 0.145. The lowest BCUT2D eigenvalue weighted by Gasteiger charge is -2.05. The van der Waals surface area contributed by atoms with Gasteiger partial charge in [0.25, 0.3) is 0 Å². The summed E-state index contributed by atoms with van der Waals surface area (Å²) in [4.78, 5) is 11.2. The average molecular weight is 253 g/mol. The maximum atomic E-state index is 11.2. The van der Waals surface area contributed by atoms with Gasteiger partial charge in [-0.05, 0) is 40.0 Å². The van der Waals surface area contributed by atoms with Gasteiger partial charge >= 0.3 is 6.09 Å². The standard InChI is InChI=1S/C15H27NO2/c1-5-6-12-18-15(17)16-11-10-14(4)9-7-8-13(2)3/h8,10H,5-7,9,11-12H2,1-4H3,(H,16,17)/b14-10+. The van der Waals surface area contributed by atoms with Crippen LogP contribution in [0.1, 0.15) is 53.4 Å². The largest absolute Gasteiger partial charge is 0.450 e. The Balaban J connectivity index is 3.66. The number of hydrogen-bond donors (Lipinski definition) is 1. The molecule has 0 aliphatic heterocycles. The Bertz CT molecular complexity index is 289. The average Bonchev–Trinajstić information content (AvgIpc) is 2.29. The molecular weight excluding hydrogens is 226 g/mol. The monoisotopic (exact) mass is 253 g/mol. The molecular formula is C15H27NO2. The molecule has 0 saturated heterocycles. The maximum Gasteiger partial charge on any atom is 0.407 e. The molecule has 0 spiro atoms. The topological polar surface area (TPSA) is 38.3 Å². The molecule has 0 aromatic heterocycles. The summed E-state index contributed by atoms with van der Waals surface area (Å²) in [6, 6.07) is 0. The number of alkyl carbamates (subject to hydrolysis) is 1. The zero-order valence-electron chi connectivity index (χ0n) is 12.2. The van der Waals surface area contributed by atoms with Gasteiger partial charge in [-0.25, -0.2) is 4.79 Å². The van der Waals surface area contributed by atoms with Gasteiger partial charge in [0.05, 0.1) is 6.61 Å². The minimum atomic E-state index is -0.322. The molecule has 0 aliphatic rings. The molecule has 0 unspecified atom stereocenters. The van der Waals surface area contributed by atoms with Crippen LogP contribution < -0.4 is 5.32 Å². The van der Waals surface area contributed by atoms with Crippen molar-refractivity contribution in [3.8, 4) is 0 Å². The van der Waals surface area contributed by atoms with Crippen molar-refractivity contribution in [3.05, 3.63) is 23.3 Å². The fourth-order valence-corrected chi connectivity index (χ4v) is 1.36.